The summed E-state index contributed by atoms with van der Waals surface area (Å²) in [5.41, 5.74) is 1.21. The fourth-order valence-electron chi connectivity index (χ4n) is 1.69. The molecule has 1 heterocycles. The minimum atomic E-state index is -4.89. The summed E-state index contributed by atoms with van der Waals surface area (Å²) in [6, 6.07) is 5.36. The van der Waals surface area contributed by atoms with Crippen molar-refractivity contribution in [3.63, 3.8) is 0 Å². The van der Waals surface area contributed by atoms with Crippen molar-refractivity contribution in [2.75, 3.05) is 0 Å². The summed E-state index contributed by atoms with van der Waals surface area (Å²) in [4.78, 5) is 11.0. The third kappa shape index (κ3) is 3.19. The van der Waals surface area contributed by atoms with Gasteiger partial charge in [0.1, 0.15) is 0 Å². The van der Waals surface area contributed by atoms with Gasteiger partial charge in [0.2, 0.25) is 0 Å². The zero-order valence-corrected chi connectivity index (χ0v) is 11.2. The van der Waals surface area contributed by atoms with Crippen LogP contribution in [0, 0.1) is 6.92 Å². The Morgan fingerprint density at radius 1 is 1.40 bits per heavy atom. The summed E-state index contributed by atoms with van der Waals surface area (Å²) in [7, 11) is 0. The van der Waals surface area contributed by atoms with Crippen molar-refractivity contribution in [3.05, 3.63) is 52.3 Å². The lowest BCUT2D eigenvalue weighted by Gasteiger charge is -2.05. The first-order chi connectivity index (χ1) is 9.27. The summed E-state index contributed by atoms with van der Waals surface area (Å²) in [6.07, 6.45) is -2.93. The Kier molecular flexibility index (Phi) is 3.85. The fourth-order valence-corrected chi connectivity index (χ4v) is 1.98. The molecule has 0 N–H and O–H groups in total. The number of alkyl halides is 3. The second kappa shape index (κ2) is 5.28. The summed E-state index contributed by atoms with van der Waals surface area (Å²) in [5, 5.41) is 4.25. The molecular weight excluding hydrogens is 293 g/mol. The third-order valence-corrected chi connectivity index (χ3v) is 3.05. The van der Waals surface area contributed by atoms with Crippen LogP contribution in [0.5, 0.6) is 0 Å². The molecule has 0 aliphatic carbocycles. The predicted molar refractivity (Wildman–Crippen MR) is 67.9 cm³/mol. The molecule has 20 heavy (non-hydrogen) atoms. The van der Waals surface area contributed by atoms with Crippen molar-refractivity contribution in [3.8, 4) is 0 Å². The van der Waals surface area contributed by atoms with Gasteiger partial charge in [0, 0.05) is 11.2 Å². The van der Waals surface area contributed by atoms with Crippen molar-refractivity contribution in [1.82, 2.24) is 9.78 Å². The molecule has 2 rings (SSSR count). The van der Waals surface area contributed by atoms with Crippen LogP contribution >= 0.6 is 11.6 Å². The van der Waals surface area contributed by atoms with E-state index in [1.54, 1.807) is 12.1 Å². The van der Waals surface area contributed by atoms with Crippen molar-refractivity contribution in [2.45, 2.75) is 19.6 Å². The van der Waals surface area contributed by atoms with Crippen LogP contribution in [0.1, 0.15) is 21.5 Å². The summed E-state index contributed by atoms with van der Waals surface area (Å²) in [5.74, 6) is -1.90. The van der Waals surface area contributed by atoms with Crippen molar-refractivity contribution >= 4 is 17.4 Å². The van der Waals surface area contributed by atoms with Crippen LogP contribution in [-0.4, -0.2) is 21.7 Å². The Hall–Kier alpha value is -1.82. The number of Topliss-reactive ketones (excluding diaryl/α,β-unsaturated/α-hetero) is 1. The van der Waals surface area contributed by atoms with Crippen LogP contribution in [0.4, 0.5) is 13.2 Å². The molecule has 3 nitrogen and oxygen atoms in total. The average Bonchev–Trinajstić information content (AvgIpc) is 2.79. The van der Waals surface area contributed by atoms with E-state index in [-0.39, 0.29) is 6.54 Å². The second-order valence-corrected chi connectivity index (χ2v) is 4.76. The molecule has 0 bridgehead atoms. The lowest BCUT2D eigenvalue weighted by atomic mass is 10.1. The minimum absolute atomic E-state index is 0.199. The summed E-state index contributed by atoms with van der Waals surface area (Å²) in [6.45, 7) is 2.08. The third-order valence-electron chi connectivity index (χ3n) is 2.69. The number of aromatic nitrogens is 2. The molecule has 0 aliphatic heterocycles. The van der Waals surface area contributed by atoms with Gasteiger partial charge in [-0.1, -0.05) is 23.7 Å². The van der Waals surface area contributed by atoms with Crippen LogP contribution in [-0.2, 0) is 6.54 Å². The zero-order chi connectivity index (χ0) is 14.9. The van der Waals surface area contributed by atoms with Gasteiger partial charge in [0.25, 0.3) is 5.78 Å². The first-order valence-corrected chi connectivity index (χ1v) is 6.04. The number of carbonyl (C=O) groups is 1. The number of benzene rings is 1. The fraction of sp³-hybridized carbons (Fsp3) is 0.231. The molecule has 106 valence electrons. The lowest BCUT2D eigenvalue weighted by molar-refractivity contribution is -0.0885. The van der Waals surface area contributed by atoms with Crippen molar-refractivity contribution in [2.24, 2.45) is 0 Å². The number of ketones is 1. The molecule has 0 atom stereocenters. The molecule has 0 amide bonds. The van der Waals surface area contributed by atoms with Crippen molar-refractivity contribution in [1.29, 1.82) is 0 Å². The predicted octanol–water partition coefficient (Wildman–Crippen LogP) is 3.64. The SMILES string of the molecule is Cc1ccc(Cn2cc(C(=O)C(F)(F)F)cn2)c(Cl)c1. The minimum Gasteiger partial charge on any atom is -0.284 e. The molecule has 0 saturated carbocycles. The Morgan fingerprint density at radius 2 is 2.10 bits per heavy atom. The standard InChI is InChI=1S/C13H10ClF3N2O/c1-8-2-3-9(11(14)4-8)6-19-7-10(5-18-19)12(20)13(15,16)17/h2-5,7H,6H2,1H3. The molecule has 0 radical (unpaired) electrons. The number of hydrogen-bond donors (Lipinski definition) is 0. The highest BCUT2D eigenvalue weighted by Crippen LogP contribution is 2.22. The van der Waals surface area contributed by atoms with Gasteiger partial charge in [-0.2, -0.15) is 18.3 Å². The molecular formula is C13H10ClF3N2O. The molecule has 1 aromatic heterocycles. The van der Waals surface area contributed by atoms with E-state index in [9.17, 15) is 18.0 Å². The summed E-state index contributed by atoms with van der Waals surface area (Å²) >= 11 is 6.03. The van der Waals surface area contributed by atoms with E-state index >= 15 is 0 Å². The number of halogens is 4. The Balaban J connectivity index is 2.20. The molecule has 0 unspecified atom stereocenters. The number of hydrogen-bond acceptors (Lipinski definition) is 2. The van der Waals surface area contributed by atoms with E-state index in [2.05, 4.69) is 5.10 Å². The van der Waals surface area contributed by atoms with Gasteiger partial charge in [-0.25, -0.2) is 0 Å². The van der Waals surface area contributed by atoms with Gasteiger partial charge in [-0.3, -0.25) is 9.48 Å². The average molecular weight is 303 g/mol. The number of nitrogens with zero attached hydrogens (tertiary/aromatic N) is 2. The van der Waals surface area contributed by atoms with E-state index < -0.39 is 17.5 Å². The molecule has 0 saturated heterocycles. The van der Waals surface area contributed by atoms with E-state index in [1.807, 2.05) is 13.0 Å². The maximum Gasteiger partial charge on any atom is 0.454 e. The van der Waals surface area contributed by atoms with Gasteiger partial charge in [0.15, 0.2) is 0 Å². The van der Waals surface area contributed by atoms with Gasteiger partial charge in [-0.05, 0) is 24.1 Å². The van der Waals surface area contributed by atoms with Crippen LogP contribution in [0.25, 0.3) is 0 Å². The Bertz CT molecular complexity index is 649. The normalized spacial score (nSPS) is 11.7. The Morgan fingerprint density at radius 3 is 2.70 bits per heavy atom. The number of carbonyl (C=O) groups excluding carboxylic acids is 1. The molecule has 2 aromatic rings. The molecule has 0 aliphatic rings. The van der Waals surface area contributed by atoms with Crippen LogP contribution in [0.3, 0.4) is 0 Å². The summed E-state index contributed by atoms with van der Waals surface area (Å²) < 4.78 is 38.1. The largest absolute Gasteiger partial charge is 0.454 e. The van der Waals surface area contributed by atoms with Gasteiger partial charge < -0.3 is 0 Å². The number of aryl methyl sites for hydroxylation is 1. The van der Waals surface area contributed by atoms with Gasteiger partial charge >= 0.3 is 6.18 Å². The highest BCUT2D eigenvalue weighted by Gasteiger charge is 2.39. The molecule has 7 heteroatoms. The van der Waals surface area contributed by atoms with Gasteiger partial charge in [0.05, 0.1) is 18.3 Å². The first-order valence-electron chi connectivity index (χ1n) is 5.66. The van der Waals surface area contributed by atoms with E-state index in [0.717, 1.165) is 18.0 Å². The maximum atomic E-state index is 12.3. The first kappa shape index (κ1) is 14.6. The quantitative estimate of drug-likeness (QED) is 0.811. The topological polar surface area (TPSA) is 34.9 Å². The van der Waals surface area contributed by atoms with Crippen LogP contribution in [0.15, 0.2) is 30.6 Å². The lowest BCUT2D eigenvalue weighted by Crippen LogP contribution is -2.22. The molecule has 1 aromatic carbocycles. The van der Waals surface area contributed by atoms with E-state index in [0.29, 0.717) is 10.6 Å². The maximum absolute atomic E-state index is 12.3. The highest BCUT2D eigenvalue weighted by atomic mass is 35.5. The number of rotatable bonds is 3. The monoisotopic (exact) mass is 302 g/mol. The highest BCUT2D eigenvalue weighted by molar-refractivity contribution is 6.31. The molecule has 0 spiro atoms. The zero-order valence-electron chi connectivity index (χ0n) is 10.4. The second-order valence-electron chi connectivity index (χ2n) is 4.35. The van der Waals surface area contributed by atoms with E-state index in [4.69, 9.17) is 11.6 Å². The molecule has 0 fully saturated rings. The Labute approximate surface area is 118 Å². The van der Waals surface area contributed by atoms with E-state index in [1.165, 1.54) is 4.68 Å². The van der Waals surface area contributed by atoms with Gasteiger partial charge in [-0.15, -0.1) is 0 Å². The van der Waals surface area contributed by atoms with Crippen LogP contribution in [0.2, 0.25) is 5.02 Å². The smallest absolute Gasteiger partial charge is 0.284 e. The van der Waals surface area contributed by atoms with Crippen LogP contribution < -0.4 is 0 Å². The van der Waals surface area contributed by atoms with Crippen molar-refractivity contribution < 1.29 is 18.0 Å².